The fourth-order valence-electron chi connectivity index (χ4n) is 3.25. The lowest BCUT2D eigenvalue weighted by molar-refractivity contribution is -0.121. The summed E-state index contributed by atoms with van der Waals surface area (Å²) in [5.41, 5.74) is 3.86. The summed E-state index contributed by atoms with van der Waals surface area (Å²) in [6.45, 7) is 0. The predicted molar refractivity (Wildman–Crippen MR) is 119 cm³/mol. The van der Waals surface area contributed by atoms with Crippen molar-refractivity contribution in [2.24, 2.45) is 0 Å². The molecule has 1 amide bonds. The molecule has 3 nitrogen and oxygen atoms in total. The molecule has 0 fully saturated rings. The first-order valence-electron chi connectivity index (χ1n) is 9.58. The van der Waals surface area contributed by atoms with Crippen LogP contribution in [0.3, 0.4) is 0 Å². The van der Waals surface area contributed by atoms with Gasteiger partial charge in [-0.15, -0.1) is 0 Å². The summed E-state index contributed by atoms with van der Waals surface area (Å²) in [7, 11) is 3.33. The molecule has 0 aliphatic heterocycles. The SMILES string of the molecule is CNC(=O)C(/C=C\C(=C(\OC)c1ccccc1)c1ccccc1)c1ccccc1. The van der Waals surface area contributed by atoms with E-state index in [1.165, 1.54) is 0 Å². The fourth-order valence-corrected chi connectivity index (χ4v) is 3.25. The van der Waals surface area contributed by atoms with Gasteiger partial charge < -0.3 is 10.1 Å². The van der Waals surface area contributed by atoms with E-state index in [0.717, 1.165) is 28.0 Å². The summed E-state index contributed by atoms with van der Waals surface area (Å²) in [5, 5.41) is 2.76. The lowest BCUT2D eigenvalue weighted by Gasteiger charge is -2.15. The van der Waals surface area contributed by atoms with E-state index in [2.05, 4.69) is 5.32 Å². The van der Waals surface area contributed by atoms with E-state index in [1.807, 2.05) is 103 Å². The Hall–Kier alpha value is -3.59. The van der Waals surface area contributed by atoms with Gasteiger partial charge in [-0.25, -0.2) is 0 Å². The maximum atomic E-state index is 12.6. The van der Waals surface area contributed by atoms with Crippen LogP contribution >= 0.6 is 0 Å². The second-order valence-electron chi connectivity index (χ2n) is 6.54. The van der Waals surface area contributed by atoms with Crippen LogP contribution < -0.4 is 5.32 Å². The molecule has 0 bridgehead atoms. The van der Waals surface area contributed by atoms with Gasteiger partial charge in [0.05, 0.1) is 13.0 Å². The second-order valence-corrected chi connectivity index (χ2v) is 6.54. The number of ether oxygens (including phenoxy) is 1. The van der Waals surface area contributed by atoms with Crippen LogP contribution in [-0.4, -0.2) is 20.1 Å². The molecule has 3 aromatic carbocycles. The van der Waals surface area contributed by atoms with Gasteiger partial charge in [0.2, 0.25) is 5.91 Å². The monoisotopic (exact) mass is 383 g/mol. The predicted octanol–water partition coefficient (Wildman–Crippen LogP) is 5.29. The third-order valence-electron chi connectivity index (χ3n) is 4.71. The van der Waals surface area contributed by atoms with Crippen LogP contribution in [0.2, 0.25) is 0 Å². The summed E-state index contributed by atoms with van der Waals surface area (Å²) in [6, 6.07) is 29.8. The van der Waals surface area contributed by atoms with Crippen molar-refractivity contribution < 1.29 is 9.53 Å². The molecule has 3 aromatic rings. The molecule has 0 radical (unpaired) electrons. The number of nitrogens with one attached hydrogen (secondary N) is 1. The number of rotatable bonds is 7. The van der Waals surface area contributed by atoms with E-state index in [0.29, 0.717) is 0 Å². The number of carbonyl (C=O) groups is 1. The quantitative estimate of drug-likeness (QED) is 0.342. The molecule has 1 atom stereocenters. The summed E-state index contributed by atoms with van der Waals surface area (Å²) in [6.07, 6.45) is 3.91. The molecule has 0 heterocycles. The van der Waals surface area contributed by atoms with Gasteiger partial charge in [-0.05, 0) is 11.1 Å². The zero-order valence-corrected chi connectivity index (χ0v) is 16.7. The molecular formula is C26H25NO2. The molecule has 0 spiro atoms. The van der Waals surface area contributed by atoms with E-state index < -0.39 is 5.92 Å². The maximum Gasteiger partial charge on any atom is 0.231 e. The van der Waals surface area contributed by atoms with Crippen molar-refractivity contribution >= 4 is 17.2 Å². The standard InChI is InChI=1S/C26H25NO2/c1-27-26(28)24(21-14-8-4-9-15-21)19-18-23(20-12-6-3-7-13-20)25(29-2)22-16-10-5-11-17-22/h3-19,24H,1-2H3,(H,27,28)/b19-18-,25-23-. The smallest absolute Gasteiger partial charge is 0.231 e. The Labute approximate surface area is 172 Å². The van der Waals surface area contributed by atoms with Gasteiger partial charge in [0.1, 0.15) is 5.76 Å². The molecule has 146 valence electrons. The molecule has 1 N–H and O–H groups in total. The number of hydrogen-bond acceptors (Lipinski definition) is 2. The first-order chi connectivity index (χ1) is 14.2. The van der Waals surface area contributed by atoms with Crippen LogP contribution in [0.25, 0.3) is 11.3 Å². The Balaban J connectivity index is 2.11. The number of hydrogen-bond donors (Lipinski definition) is 1. The molecule has 3 rings (SSSR count). The first-order valence-corrected chi connectivity index (χ1v) is 9.58. The molecule has 0 aliphatic rings. The number of carbonyl (C=O) groups excluding carboxylic acids is 1. The Morgan fingerprint density at radius 2 is 1.34 bits per heavy atom. The molecule has 0 aromatic heterocycles. The first kappa shape index (κ1) is 20.2. The van der Waals surface area contributed by atoms with Gasteiger partial charge in [0.15, 0.2) is 0 Å². The third-order valence-corrected chi connectivity index (χ3v) is 4.71. The molecule has 0 saturated heterocycles. The van der Waals surface area contributed by atoms with Crippen molar-refractivity contribution in [1.29, 1.82) is 0 Å². The van der Waals surface area contributed by atoms with Gasteiger partial charge in [-0.3, -0.25) is 4.79 Å². The zero-order valence-electron chi connectivity index (χ0n) is 16.7. The normalized spacial score (nSPS) is 12.9. The summed E-state index contributed by atoms with van der Waals surface area (Å²) < 4.78 is 5.81. The van der Waals surface area contributed by atoms with Gasteiger partial charge >= 0.3 is 0 Å². The lowest BCUT2D eigenvalue weighted by atomic mass is 9.94. The number of likely N-dealkylation sites (N-methyl/N-ethyl adjacent to an activating group) is 1. The Morgan fingerprint density at radius 3 is 1.86 bits per heavy atom. The highest BCUT2D eigenvalue weighted by atomic mass is 16.5. The number of benzene rings is 3. The Morgan fingerprint density at radius 1 is 0.828 bits per heavy atom. The molecule has 29 heavy (non-hydrogen) atoms. The number of amides is 1. The van der Waals surface area contributed by atoms with Crippen molar-refractivity contribution in [2.75, 3.05) is 14.2 Å². The Bertz CT molecular complexity index is 977. The van der Waals surface area contributed by atoms with Gasteiger partial charge in [-0.2, -0.15) is 0 Å². The van der Waals surface area contributed by atoms with Crippen molar-refractivity contribution in [3.05, 3.63) is 120 Å². The van der Waals surface area contributed by atoms with E-state index in [4.69, 9.17) is 4.74 Å². The maximum absolute atomic E-state index is 12.6. The van der Waals surface area contributed by atoms with Crippen molar-refractivity contribution in [2.45, 2.75) is 5.92 Å². The van der Waals surface area contributed by atoms with Gasteiger partial charge in [0.25, 0.3) is 0 Å². The second kappa shape index (κ2) is 10.1. The van der Waals surface area contributed by atoms with Crippen molar-refractivity contribution in [3.8, 4) is 0 Å². The minimum atomic E-state index is -0.395. The number of methoxy groups -OCH3 is 1. The summed E-state index contributed by atoms with van der Waals surface area (Å²) in [4.78, 5) is 12.6. The van der Waals surface area contributed by atoms with Crippen molar-refractivity contribution in [3.63, 3.8) is 0 Å². The molecule has 0 saturated carbocycles. The van der Waals surface area contributed by atoms with Crippen LogP contribution in [0.4, 0.5) is 0 Å². The minimum Gasteiger partial charge on any atom is -0.495 e. The minimum absolute atomic E-state index is 0.0569. The molecule has 0 aliphatic carbocycles. The Kier molecular flexibility index (Phi) is 7.01. The molecule has 3 heteroatoms. The van der Waals surface area contributed by atoms with E-state index in [1.54, 1.807) is 14.2 Å². The average molecular weight is 383 g/mol. The summed E-state index contributed by atoms with van der Waals surface area (Å²) in [5.74, 6) is 0.309. The highest BCUT2D eigenvalue weighted by molar-refractivity contribution is 5.94. The van der Waals surface area contributed by atoms with Gasteiger partial charge in [0, 0.05) is 18.2 Å². The molecular weight excluding hydrogens is 358 g/mol. The average Bonchev–Trinajstić information content (AvgIpc) is 2.80. The van der Waals surface area contributed by atoms with Crippen LogP contribution in [0.5, 0.6) is 0 Å². The number of allylic oxidation sites excluding steroid dienone is 2. The largest absolute Gasteiger partial charge is 0.495 e. The van der Waals surface area contributed by atoms with Crippen LogP contribution in [0.15, 0.2) is 103 Å². The third kappa shape index (κ3) is 5.02. The van der Waals surface area contributed by atoms with E-state index in [9.17, 15) is 4.79 Å². The van der Waals surface area contributed by atoms with Crippen molar-refractivity contribution in [1.82, 2.24) is 5.32 Å². The molecule has 1 unspecified atom stereocenters. The van der Waals surface area contributed by atoms with E-state index in [-0.39, 0.29) is 5.91 Å². The highest BCUT2D eigenvalue weighted by Gasteiger charge is 2.17. The van der Waals surface area contributed by atoms with Crippen LogP contribution in [0.1, 0.15) is 22.6 Å². The topological polar surface area (TPSA) is 38.3 Å². The van der Waals surface area contributed by atoms with Gasteiger partial charge in [-0.1, -0.05) is 103 Å². The summed E-state index contributed by atoms with van der Waals surface area (Å²) >= 11 is 0. The fraction of sp³-hybridized carbons (Fsp3) is 0.115. The van der Waals surface area contributed by atoms with Crippen LogP contribution in [-0.2, 0) is 9.53 Å². The van der Waals surface area contributed by atoms with E-state index >= 15 is 0 Å². The van der Waals surface area contributed by atoms with Crippen LogP contribution in [0, 0.1) is 0 Å². The highest BCUT2D eigenvalue weighted by Crippen LogP contribution is 2.29. The zero-order chi connectivity index (χ0) is 20.5. The lowest BCUT2D eigenvalue weighted by Crippen LogP contribution is -2.24.